The molecule has 0 aromatic heterocycles. The highest BCUT2D eigenvalue weighted by Gasteiger charge is 2.37. The average molecular weight is 418 g/mol. The first-order valence-electron chi connectivity index (χ1n) is 11.4. The number of amides is 1. The van der Waals surface area contributed by atoms with Crippen LogP contribution in [0.25, 0.3) is 0 Å². The van der Waals surface area contributed by atoms with Gasteiger partial charge in [0.25, 0.3) is 5.91 Å². The van der Waals surface area contributed by atoms with Crippen LogP contribution in [0.2, 0.25) is 0 Å². The summed E-state index contributed by atoms with van der Waals surface area (Å²) in [5, 5.41) is 0. The minimum absolute atomic E-state index is 0.131. The lowest BCUT2D eigenvalue weighted by molar-refractivity contribution is -0.144. The van der Waals surface area contributed by atoms with Crippen LogP contribution in [0.15, 0.2) is 40.1 Å². The maximum absolute atomic E-state index is 14.2. The molecule has 2 aliphatic rings. The van der Waals surface area contributed by atoms with Crippen LogP contribution in [0.4, 0.5) is 4.39 Å². The third-order valence-corrected chi connectivity index (χ3v) is 6.08. The van der Waals surface area contributed by atoms with Crippen LogP contribution in [0, 0.1) is 5.92 Å². The van der Waals surface area contributed by atoms with Crippen LogP contribution >= 0.6 is 0 Å². The molecule has 0 radical (unpaired) electrons. The van der Waals surface area contributed by atoms with E-state index in [1.165, 1.54) is 43.5 Å². The molecule has 1 amide bonds. The van der Waals surface area contributed by atoms with Crippen LogP contribution in [-0.2, 0) is 4.79 Å². The van der Waals surface area contributed by atoms with E-state index in [-0.39, 0.29) is 6.04 Å². The molecule has 5 heteroatoms. The first-order valence-corrected chi connectivity index (χ1v) is 11.4. The molecule has 0 spiro atoms. The molecule has 0 aromatic rings. The highest BCUT2D eigenvalue weighted by molar-refractivity contribution is 6.04. The monoisotopic (exact) mass is 417 g/mol. The highest BCUT2D eigenvalue weighted by Crippen LogP contribution is 2.42. The molecule has 30 heavy (non-hydrogen) atoms. The molecule has 1 atom stereocenters. The number of hydrogen-bond acceptors (Lipinski definition) is 3. The summed E-state index contributed by atoms with van der Waals surface area (Å²) in [6.07, 6.45) is 9.75. The van der Waals surface area contributed by atoms with Crippen molar-refractivity contribution in [3.05, 3.63) is 35.1 Å². The summed E-state index contributed by atoms with van der Waals surface area (Å²) >= 11 is 0. The van der Waals surface area contributed by atoms with Crippen molar-refractivity contribution in [2.45, 2.75) is 79.4 Å². The summed E-state index contributed by atoms with van der Waals surface area (Å²) in [6.45, 7) is 15.8. The molecule has 1 aliphatic carbocycles. The van der Waals surface area contributed by atoms with Gasteiger partial charge < -0.3 is 9.80 Å². The summed E-state index contributed by atoms with van der Waals surface area (Å²) in [4.78, 5) is 21.4. The molecule has 0 bridgehead atoms. The Morgan fingerprint density at radius 2 is 1.90 bits per heavy atom. The van der Waals surface area contributed by atoms with Gasteiger partial charge in [0.2, 0.25) is 0 Å². The molecule has 1 saturated carbocycles. The van der Waals surface area contributed by atoms with E-state index in [4.69, 9.17) is 4.99 Å². The number of allylic oxidation sites excluding steroid dienone is 5. The summed E-state index contributed by atoms with van der Waals surface area (Å²) in [5.74, 6) is 0.217. The van der Waals surface area contributed by atoms with Crippen molar-refractivity contribution < 1.29 is 9.18 Å². The Morgan fingerprint density at radius 3 is 2.37 bits per heavy atom. The Morgan fingerprint density at radius 1 is 1.23 bits per heavy atom. The van der Waals surface area contributed by atoms with Gasteiger partial charge in [0, 0.05) is 42.7 Å². The van der Waals surface area contributed by atoms with Gasteiger partial charge in [0.15, 0.2) is 5.67 Å². The van der Waals surface area contributed by atoms with E-state index in [1.807, 2.05) is 13.0 Å². The van der Waals surface area contributed by atoms with Gasteiger partial charge in [-0.15, -0.1) is 0 Å². The minimum atomic E-state index is -1.82. The number of carbonyl (C=O) groups is 1. The van der Waals surface area contributed by atoms with Gasteiger partial charge in [-0.05, 0) is 72.3 Å². The van der Waals surface area contributed by atoms with Crippen LogP contribution in [0.5, 0.6) is 0 Å². The zero-order chi connectivity index (χ0) is 22.5. The Kier molecular flexibility index (Phi) is 8.45. The fourth-order valence-electron chi connectivity index (χ4n) is 4.36. The summed E-state index contributed by atoms with van der Waals surface area (Å²) in [5.41, 5.74) is 3.25. The molecule has 2 rings (SSSR count). The van der Waals surface area contributed by atoms with Crippen LogP contribution in [-0.4, -0.2) is 59.3 Å². The van der Waals surface area contributed by atoms with E-state index in [1.54, 1.807) is 4.90 Å². The number of alkyl halides is 1. The number of halogens is 1. The lowest BCUT2D eigenvalue weighted by atomic mass is 9.92. The van der Waals surface area contributed by atoms with Gasteiger partial charge in [0.1, 0.15) is 0 Å². The number of piperazine rings is 1. The van der Waals surface area contributed by atoms with E-state index in [0.717, 1.165) is 12.1 Å². The van der Waals surface area contributed by atoms with Crippen molar-refractivity contribution in [1.29, 1.82) is 0 Å². The fraction of sp³-hybridized carbons (Fsp3) is 0.680. The zero-order valence-corrected chi connectivity index (χ0v) is 20.0. The van der Waals surface area contributed by atoms with Gasteiger partial charge in [-0.1, -0.05) is 25.2 Å². The van der Waals surface area contributed by atoms with Crippen molar-refractivity contribution in [2.75, 3.05) is 26.2 Å². The van der Waals surface area contributed by atoms with E-state index in [2.05, 4.69) is 44.7 Å². The second-order valence-electron chi connectivity index (χ2n) is 8.95. The molecule has 4 nitrogen and oxygen atoms in total. The standard InChI is InChI=1S/C25H40FN3O/c1-8-11-14-27-22(10-3)23(21(9-2)20-12-13-20)19(5)29-16-15-28(17-18(29)4)24(30)25(6,7)26/h8-9,11,18,20H,10,12-17H2,1-7H3/b11-8-,21-9-,23-19+,27-22?/t18-/m0/s1. The molecular weight excluding hydrogens is 377 g/mol. The Hall–Kier alpha value is -1.91. The van der Waals surface area contributed by atoms with Crippen LogP contribution in [0.1, 0.15) is 67.7 Å². The number of carbonyl (C=O) groups excluding carboxylic acids is 1. The normalized spacial score (nSPS) is 22.6. The lowest BCUT2D eigenvalue weighted by Gasteiger charge is -2.43. The zero-order valence-electron chi connectivity index (χ0n) is 20.0. The van der Waals surface area contributed by atoms with Gasteiger partial charge in [-0.25, -0.2) is 4.39 Å². The van der Waals surface area contributed by atoms with Crippen LogP contribution in [0.3, 0.4) is 0 Å². The van der Waals surface area contributed by atoms with Crippen LogP contribution < -0.4 is 0 Å². The predicted octanol–water partition coefficient (Wildman–Crippen LogP) is 5.32. The largest absolute Gasteiger partial charge is 0.368 e. The first kappa shape index (κ1) is 24.4. The predicted molar refractivity (Wildman–Crippen MR) is 125 cm³/mol. The van der Waals surface area contributed by atoms with E-state index in [0.29, 0.717) is 32.1 Å². The van der Waals surface area contributed by atoms with E-state index < -0.39 is 11.6 Å². The van der Waals surface area contributed by atoms with Gasteiger partial charge in [-0.2, -0.15) is 0 Å². The van der Waals surface area contributed by atoms with Crippen molar-refractivity contribution in [2.24, 2.45) is 10.9 Å². The third-order valence-electron chi connectivity index (χ3n) is 6.08. The SMILES string of the molecule is C/C=C\CN=C(CC)C(/C(=C\C)C1CC1)=C(\C)N1CCN(C(=O)C(C)(C)F)C[C@@H]1C. The summed E-state index contributed by atoms with van der Waals surface area (Å²) < 4.78 is 14.2. The summed E-state index contributed by atoms with van der Waals surface area (Å²) in [7, 11) is 0. The summed E-state index contributed by atoms with van der Waals surface area (Å²) in [6, 6.07) is 0.131. The Balaban J connectivity index is 2.37. The molecule has 168 valence electrons. The van der Waals surface area contributed by atoms with Crippen molar-refractivity contribution >= 4 is 11.6 Å². The van der Waals surface area contributed by atoms with E-state index >= 15 is 0 Å². The number of rotatable bonds is 8. The van der Waals surface area contributed by atoms with Crippen molar-refractivity contribution in [1.82, 2.24) is 9.80 Å². The fourth-order valence-corrected chi connectivity index (χ4v) is 4.36. The number of hydrogen-bond donors (Lipinski definition) is 0. The second kappa shape index (κ2) is 10.4. The maximum Gasteiger partial charge on any atom is 0.259 e. The molecule has 1 saturated heterocycles. The molecule has 1 aliphatic heterocycles. The molecule has 0 unspecified atom stereocenters. The Labute approximate surface area is 182 Å². The molecular formula is C25H40FN3O. The second-order valence-corrected chi connectivity index (χ2v) is 8.95. The van der Waals surface area contributed by atoms with Crippen molar-refractivity contribution in [3.63, 3.8) is 0 Å². The van der Waals surface area contributed by atoms with Gasteiger partial charge in [-0.3, -0.25) is 9.79 Å². The maximum atomic E-state index is 14.2. The van der Waals surface area contributed by atoms with Gasteiger partial charge >= 0.3 is 0 Å². The third kappa shape index (κ3) is 5.83. The molecule has 0 aromatic carbocycles. The lowest BCUT2D eigenvalue weighted by Crippen LogP contribution is -2.56. The molecule has 2 fully saturated rings. The first-order chi connectivity index (χ1) is 14.1. The smallest absolute Gasteiger partial charge is 0.259 e. The quantitative estimate of drug-likeness (QED) is 0.304. The number of aliphatic imine (C=N–C) groups is 1. The van der Waals surface area contributed by atoms with E-state index in [9.17, 15) is 9.18 Å². The number of nitrogens with zero attached hydrogens (tertiary/aromatic N) is 3. The average Bonchev–Trinajstić information content (AvgIpc) is 3.53. The van der Waals surface area contributed by atoms with Gasteiger partial charge in [0.05, 0.1) is 6.54 Å². The highest BCUT2D eigenvalue weighted by atomic mass is 19.1. The van der Waals surface area contributed by atoms with Crippen molar-refractivity contribution in [3.8, 4) is 0 Å². The molecule has 1 heterocycles. The minimum Gasteiger partial charge on any atom is -0.368 e. The molecule has 0 N–H and O–H groups in total. The Bertz CT molecular complexity index is 738. The topological polar surface area (TPSA) is 35.9 Å².